The summed E-state index contributed by atoms with van der Waals surface area (Å²) in [4.78, 5) is 4.04. The van der Waals surface area contributed by atoms with Crippen LogP contribution in [0, 0.1) is 13.8 Å². The highest BCUT2D eigenvalue weighted by Crippen LogP contribution is 2.13. The summed E-state index contributed by atoms with van der Waals surface area (Å²) in [5.41, 5.74) is 8.26. The van der Waals surface area contributed by atoms with E-state index in [4.69, 9.17) is 5.84 Å². The van der Waals surface area contributed by atoms with Crippen LogP contribution in [0.3, 0.4) is 0 Å². The maximum absolute atomic E-state index is 5.69. The zero-order valence-electron chi connectivity index (χ0n) is 12.3. The van der Waals surface area contributed by atoms with Crippen LogP contribution in [-0.2, 0) is 12.8 Å². The van der Waals surface area contributed by atoms with E-state index in [9.17, 15) is 0 Å². The summed E-state index contributed by atoms with van der Waals surface area (Å²) >= 11 is 0. The van der Waals surface area contributed by atoms with Gasteiger partial charge in [-0.1, -0.05) is 18.2 Å². The predicted molar refractivity (Wildman–Crippen MR) is 83.3 cm³/mol. The molecule has 0 saturated heterocycles. The number of aromatic nitrogens is 1. The number of aryl methyl sites for hydroxylation is 3. The minimum atomic E-state index is 0.297. The molecule has 0 spiro atoms. The SMILES string of the molecule is Cc1ccc(CC(CCc2ccncc2)NN)cc1C. The van der Waals surface area contributed by atoms with E-state index < -0.39 is 0 Å². The van der Waals surface area contributed by atoms with Crippen LogP contribution in [0.2, 0.25) is 0 Å². The van der Waals surface area contributed by atoms with Gasteiger partial charge >= 0.3 is 0 Å². The molecule has 0 aliphatic rings. The summed E-state index contributed by atoms with van der Waals surface area (Å²) in [6.07, 6.45) is 6.67. The maximum atomic E-state index is 5.69. The molecule has 20 heavy (non-hydrogen) atoms. The Hall–Kier alpha value is -1.71. The Kier molecular flexibility index (Phi) is 5.27. The van der Waals surface area contributed by atoms with Gasteiger partial charge in [0.15, 0.2) is 0 Å². The monoisotopic (exact) mass is 269 g/mol. The summed E-state index contributed by atoms with van der Waals surface area (Å²) in [6, 6.07) is 11.0. The van der Waals surface area contributed by atoms with Gasteiger partial charge in [0, 0.05) is 18.4 Å². The van der Waals surface area contributed by atoms with Crippen molar-refractivity contribution in [3.8, 4) is 0 Å². The molecule has 0 fully saturated rings. The summed E-state index contributed by atoms with van der Waals surface area (Å²) < 4.78 is 0. The van der Waals surface area contributed by atoms with Crippen molar-refractivity contribution < 1.29 is 0 Å². The van der Waals surface area contributed by atoms with Gasteiger partial charge in [0.2, 0.25) is 0 Å². The molecule has 3 N–H and O–H groups in total. The molecule has 0 saturated carbocycles. The highest BCUT2D eigenvalue weighted by Gasteiger charge is 2.08. The van der Waals surface area contributed by atoms with Gasteiger partial charge in [-0.15, -0.1) is 0 Å². The van der Waals surface area contributed by atoms with Gasteiger partial charge in [0.25, 0.3) is 0 Å². The lowest BCUT2D eigenvalue weighted by Gasteiger charge is -2.16. The predicted octanol–water partition coefficient (Wildman–Crippen LogP) is 2.71. The van der Waals surface area contributed by atoms with Gasteiger partial charge in [0.1, 0.15) is 0 Å². The van der Waals surface area contributed by atoms with Crippen LogP contribution in [0.25, 0.3) is 0 Å². The van der Waals surface area contributed by atoms with Gasteiger partial charge in [-0.2, -0.15) is 0 Å². The van der Waals surface area contributed by atoms with Crippen molar-refractivity contribution in [2.24, 2.45) is 5.84 Å². The zero-order valence-corrected chi connectivity index (χ0v) is 12.3. The molecule has 2 rings (SSSR count). The van der Waals surface area contributed by atoms with E-state index in [2.05, 4.69) is 54.6 Å². The van der Waals surface area contributed by atoms with Crippen molar-refractivity contribution in [2.45, 2.75) is 39.2 Å². The van der Waals surface area contributed by atoms with Crippen molar-refractivity contribution >= 4 is 0 Å². The third-order valence-electron chi connectivity index (χ3n) is 3.82. The molecular formula is C17H23N3. The van der Waals surface area contributed by atoms with E-state index in [1.54, 1.807) is 0 Å². The lowest BCUT2D eigenvalue weighted by molar-refractivity contribution is 0.491. The maximum Gasteiger partial charge on any atom is 0.0270 e. The second kappa shape index (κ2) is 7.17. The van der Waals surface area contributed by atoms with Gasteiger partial charge in [-0.25, -0.2) is 0 Å². The third-order valence-corrected chi connectivity index (χ3v) is 3.82. The van der Waals surface area contributed by atoms with E-state index in [-0.39, 0.29) is 0 Å². The van der Waals surface area contributed by atoms with Crippen LogP contribution < -0.4 is 11.3 Å². The van der Waals surface area contributed by atoms with Gasteiger partial charge < -0.3 is 0 Å². The summed E-state index contributed by atoms with van der Waals surface area (Å²) in [6.45, 7) is 4.29. The highest BCUT2D eigenvalue weighted by molar-refractivity contribution is 5.30. The number of pyridine rings is 1. The quantitative estimate of drug-likeness (QED) is 0.626. The highest BCUT2D eigenvalue weighted by atomic mass is 15.2. The Balaban J connectivity index is 1.93. The Labute approximate surface area is 121 Å². The van der Waals surface area contributed by atoms with Crippen molar-refractivity contribution in [1.29, 1.82) is 0 Å². The standard InChI is InChI=1S/C17H23N3/c1-13-3-4-16(11-14(13)2)12-17(20-18)6-5-15-7-9-19-10-8-15/h3-4,7-11,17,20H,5-6,12,18H2,1-2H3. The molecule has 1 unspecified atom stereocenters. The van der Waals surface area contributed by atoms with Gasteiger partial charge in [0.05, 0.1) is 0 Å². The van der Waals surface area contributed by atoms with Crippen molar-refractivity contribution in [3.05, 3.63) is 65.0 Å². The zero-order chi connectivity index (χ0) is 14.4. The second-order valence-electron chi connectivity index (χ2n) is 5.38. The van der Waals surface area contributed by atoms with Gasteiger partial charge in [-0.3, -0.25) is 16.3 Å². The van der Waals surface area contributed by atoms with Gasteiger partial charge in [-0.05, 0) is 67.5 Å². The molecule has 1 aromatic carbocycles. The molecular weight excluding hydrogens is 246 g/mol. The number of rotatable bonds is 6. The van der Waals surface area contributed by atoms with E-state index in [0.717, 1.165) is 19.3 Å². The van der Waals surface area contributed by atoms with E-state index in [1.165, 1.54) is 22.3 Å². The molecule has 106 valence electrons. The summed E-state index contributed by atoms with van der Waals surface area (Å²) in [7, 11) is 0. The molecule has 3 nitrogen and oxygen atoms in total. The fourth-order valence-corrected chi connectivity index (χ4v) is 2.35. The lowest BCUT2D eigenvalue weighted by Crippen LogP contribution is -2.37. The molecule has 1 atom stereocenters. The third kappa shape index (κ3) is 4.15. The van der Waals surface area contributed by atoms with Crippen molar-refractivity contribution in [3.63, 3.8) is 0 Å². The number of nitrogens with one attached hydrogen (secondary N) is 1. The first-order chi connectivity index (χ1) is 9.69. The Morgan fingerprint density at radius 2 is 1.80 bits per heavy atom. The van der Waals surface area contributed by atoms with Crippen LogP contribution >= 0.6 is 0 Å². The summed E-state index contributed by atoms with van der Waals surface area (Å²) in [5.74, 6) is 5.69. The number of nitrogens with zero attached hydrogens (tertiary/aromatic N) is 1. The molecule has 0 bridgehead atoms. The Morgan fingerprint density at radius 1 is 1.05 bits per heavy atom. The van der Waals surface area contributed by atoms with Crippen LogP contribution in [0.15, 0.2) is 42.7 Å². The number of benzene rings is 1. The molecule has 3 heteroatoms. The molecule has 1 aromatic heterocycles. The second-order valence-corrected chi connectivity index (χ2v) is 5.38. The van der Waals surface area contributed by atoms with Crippen molar-refractivity contribution in [2.75, 3.05) is 0 Å². The van der Waals surface area contributed by atoms with Crippen molar-refractivity contribution in [1.82, 2.24) is 10.4 Å². The number of hydrogen-bond donors (Lipinski definition) is 2. The fraction of sp³-hybridized carbons (Fsp3) is 0.353. The average molecular weight is 269 g/mol. The molecule has 1 heterocycles. The smallest absolute Gasteiger partial charge is 0.0270 e. The fourth-order valence-electron chi connectivity index (χ4n) is 2.35. The van der Waals surface area contributed by atoms with E-state index in [1.807, 2.05) is 12.4 Å². The molecule has 0 radical (unpaired) electrons. The topological polar surface area (TPSA) is 50.9 Å². The minimum Gasteiger partial charge on any atom is -0.271 e. The van der Waals surface area contributed by atoms with E-state index >= 15 is 0 Å². The number of hydrazine groups is 1. The average Bonchev–Trinajstić information content (AvgIpc) is 2.48. The Bertz CT molecular complexity index is 537. The van der Waals surface area contributed by atoms with Crippen LogP contribution in [0.5, 0.6) is 0 Å². The number of hydrogen-bond acceptors (Lipinski definition) is 3. The van der Waals surface area contributed by atoms with Crippen LogP contribution in [0.4, 0.5) is 0 Å². The normalized spacial score (nSPS) is 12.3. The molecule has 0 aliphatic heterocycles. The molecule has 0 amide bonds. The molecule has 2 aromatic rings. The minimum absolute atomic E-state index is 0.297. The van der Waals surface area contributed by atoms with Crippen LogP contribution in [-0.4, -0.2) is 11.0 Å². The first-order valence-electron chi connectivity index (χ1n) is 7.10. The first kappa shape index (κ1) is 14.7. The van der Waals surface area contributed by atoms with Crippen LogP contribution in [0.1, 0.15) is 28.7 Å². The first-order valence-corrected chi connectivity index (χ1v) is 7.10. The lowest BCUT2D eigenvalue weighted by atomic mass is 9.97. The summed E-state index contributed by atoms with van der Waals surface area (Å²) in [5, 5.41) is 0. The Morgan fingerprint density at radius 3 is 2.45 bits per heavy atom. The number of nitrogens with two attached hydrogens (primary N) is 1. The molecule has 0 aliphatic carbocycles. The van der Waals surface area contributed by atoms with E-state index in [0.29, 0.717) is 6.04 Å². The largest absolute Gasteiger partial charge is 0.271 e.